The summed E-state index contributed by atoms with van der Waals surface area (Å²) in [7, 11) is 0. The van der Waals surface area contributed by atoms with Crippen LogP contribution in [-0.2, 0) is 4.74 Å². The number of hydrogen-bond donors (Lipinski definition) is 0. The maximum Gasteiger partial charge on any atom is 0.131 e. The standard InChI is InChI=1S/C8H15OS/c1-3-5-6-7-9-8(10)4-2/h4,8H,2-3,5-7H2,1H3. The Morgan fingerprint density at radius 2 is 2.30 bits per heavy atom. The molecule has 1 nitrogen and oxygen atoms in total. The van der Waals surface area contributed by atoms with Crippen LogP contribution < -0.4 is 0 Å². The Labute approximate surface area is 68.9 Å². The lowest BCUT2D eigenvalue weighted by molar-refractivity contribution is 0.137. The van der Waals surface area contributed by atoms with E-state index in [0.29, 0.717) is 0 Å². The van der Waals surface area contributed by atoms with Gasteiger partial charge < -0.3 is 4.74 Å². The van der Waals surface area contributed by atoms with Crippen molar-refractivity contribution in [1.82, 2.24) is 0 Å². The Morgan fingerprint density at radius 3 is 2.80 bits per heavy atom. The molecule has 1 unspecified atom stereocenters. The maximum atomic E-state index is 5.19. The summed E-state index contributed by atoms with van der Waals surface area (Å²) in [4.78, 5) is 0. The molecule has 0 aromatic rings. The molecule has 2 heteroatoms. The molecule has 10 heavy (non-hydrogen) atoms. The lowest BCUT2D eigenvalue weighted by Crippen LogP contribution is -2.02. The highest BCUT2D eigenvalue weighted by Crippen LogP contribution is 2.01. The van der Waals surface area contributed by atoms with Gasteiger partial charge in [-0.3, -0.25) is 0 Å². The average molecular weight is 159 g/mol. The van der Waals surface area contributed by atoms with Crippen LogP contribution >= 0.6 is 12.6 Å². The fourth-order valence-corrected chi connectivity index (χ4v) is 0.716. The maximum absolute atomic E-state index is 5.19. The molecule has 0 aromatic carbocycles. The molecule has 0 saturated carbocycles. The Hall–Kier alpha value is 0.0500. The molecule has 0 N–H and O–H groups in total. The molecule has 59 valence electrons. The van der Waals surface area contributed by atoms with Crippen LogP contribution in [0.5, 0.6) is 0 Å². The van der Waals surface area contributed by atoms with Gasteiger partial charge in [-0.05, 0) is 6.42 Å². The topological polar surface area (TPSA) is 9.23 Å². The Balaban J connectivity index is 2.95. The van der Waals surface area contributed by atoms with Crippen molar-refractivity contribution >= 4 is 12.6 Å². The van der Waals surface area contributed by atoms with E-state index < -0.39 is 0 Å². The molecule has 0 aliphatic heterocycles. The first kappa shape index (κ1) is 10.0. The molecule has 0 rings (SSSR count). The van der Waals surface area contributed by atoms with Crippen molar-refractivity contribution < 1.29 is 4.74 Å². The van der Waals surface area contributed by atoms with Gasteiger partial charge in [0.05, 0.1) is 0 Å². The Morgan fingerprint density at radius 1 is 1.60 bits per heavy atom. The van der Waals surface area contributed by atoms with Gasteiger partial charge in [0.15, 0.2) is 0 Å². The molecule has 0 aliphatic rings. The highest BCUT2D eigenvalue weighted by molar-refractivity contribution is 7.80. The molecule has 0 bridgehead atoms. The lowest BCUT2D eigenvalue weighted by Gasteiger charge is -2.04. The molecule has 0 aliphatic carbocycles. The summed E-state index contributed by atoms with van der Waals surface area (Å²) in [6, 6.07) is 0. The lowest BCUT2D eigenvalue weighted by atomic mass is 10.3. The van der Waals surface area contributed by atoms with Gasteiger partial charge in [-0.2, -0.15) is 0 Å². The minimum atomic E-state index is -0.197. The van der Waals surface area contributed by atoms with Crippen molar-refractivity contribution in [3.63, 3.8) is 0 Å². The third kappa shape index (κ3) is 6.17. The number of rotatable bonds is 6. The van der Waals surface area contributed by atoms with Crippen molar-refractivity contribution in [2.24, 2.45) is 0 Å². The van der Waals surface area contributed by atoms with E-state index in [9.17, 15) is 0 Å². The van der Waals surface area contributed by atoms with Crippen LogP contribution in [0.25, 0.3) is 0 Å². The van der Waals surface area contributed by atoms with E-state index >= 15 is 0 Å². The summed E-state index contributed by atoms with van der Waals surface area (Å²) in [5.41, 5.74) is -0.197. The first-order chi connectivity index (χ1) is 4.81. The first-order valence-electron chi connectivity index (χ1n) is 3.71. The van der Waals surface area contributed by atoms with Gasteiger partial charge >= 0.3 is 0 Å². The fraction of sp³-hybridized carbons (Fsp3) is 0.750. The second kappa shape index (κ2) is 7.16. The SMILES string of the molecule is C=CC([S])OCCCCC. The molecular formula is C8H15OS. The predicted molar refractivity (Wildman–Crippen MR) is 47.1 cm³/mol. The summed E-state index contributed by atoms with van der Waals surface area (Å²) in [5.74, 6) is 0. The highest BCUT2D eigenvalue weighted by atomic mass is 32.1. The van der Waals surface area contributed by atoms with Crippen molar-refractivity contribution in [2.75, 3.05) is 6.61 Å². The highest BCUT2D eigenvalue weighted by Gasteiger charge is 1.94. The van der Waals surface area contributed by atoms with E-state index in [-0.39, 0.29) is 5.44 Å². The average Bonchev–Trinajstić information content (AvgIpc) is 1.98. The van der Waals surface area contributed by atoms with E-state index in [4.69, 9.17) is 17.4 Å². The summed E-state index contributed by atoms with van der Waals surface area (Å²) in [6.45, 7) is 6.47. The fourth-order valence-electron chi connectivity index (χ4n) is 0.620. The third-order valence-electron chi connectivity index (χ3n) is 1.22. The predicted octanol–water partition coefficient (Wildman–Crippen LogP) is 2.90. The van der Waals surface area contributed by atoms with Crippen LogP contribution in [0.2, 0.25) is 0 Å². The van der Waals surface area contributed by atoms with Gasteiger partial charge in [0.1, 0.15) is 5.44 Å². The minimum absolute atomic E-state index is 0.197. The summed E-state index contributed by atoms with van der Waals surface area (Å²) >= 11 is 4.85. The van der Waals surface area contributed by atoms with E-state index in [1.807, 2.05) is 0 Å². The molecule has 0 fully saturated rings. The van der Waals surface area contributed by atoms with E-state index in [1.54, 1.807) is 6.08 Å². The normalized spacial score (nSPS) is 13.0. The minimum Gasteiger partial charge on any atom is -0.363 e. The van der Waals surface area contributed by atoms with Crippen molar-refractivity contribution in [1.29, 1.82) is 0 Å². The molecule has 0 heterocycles. The second-order valence-electron chi connectivity index (χ2n) is 2.18. The van der Waals surface area contributed by atoms with Crippen LogP contribution in [0, 0.1) is 0 Å². The molecule has 0 aromatic heterocycles. The third-order valence-corrected chi connectivity index (χ3v) is 1.55. The van der Waals surface area contributed by atoms with Crippen molar-refractivity contribution in [3.8, 4) is 0 Å². The van der Waals surface area contributed by atoms with Crippen LogP contribution in [-0.4, -0.2) is 12.0 Å². The van der Waals surface area contributed by atoms with Gasteiger partial charge in [0, 0.05) is 6.61 Å². The molecule has 0 spiro atoms. The van der Waals surface area contributed by atoms with Crippen LogP contribution in [0.3, 0.4) is 0 Å². The monoisotopic (exact) mass is 159 g/mol. The van der Waals surface area contributed by atoms with Crippen molar-refractivity contribution in [2.45, 2.75) is 31.6 Å². The van der Waals surface area contributed by atoms with E-state index in [2.05, 4.69) is 13.5 Å². The summed E-state index contributed by atoms with van der Waals surface area (Å²) in [6.07, 6.45) is 5.19. The van der Waals surface area contributed by atoms with Crippen LogP contribution in [0.1, 0.15) is 26.2 Å². The van der Waals surface area contributed by atoms with Crippen LogP contribution in [0.4, 0.5) is 0 Å². The molecule has 0 saturated heterocycles. The zero-order valence-electron chi connectivity index (χ0n) is 6.51. The second-order valence-corrected chi connectivity index (χ2v) is 2.65. The smallest absolute Gasteiger partial charge is 0.131 e. The molecule has 0 amide bonds. The first-order valence-corrected chi connectivity index (χ1v) is 4.18. The summed E-state index contributed by atoms with van der Waals surface area (Å²) in [5, 5.41) is 0. The van der Waals surface area contributed by atoms with E-state index in [1.165, 1.54) is 12.8 Å². The zero-order valence-corrected chi connectivity index (χ0v) is 7.32. The Bertz CT molecular complexity index is 83.3. The largest absolute Gasteiger partial charge is 0.363 e. The van der Waals surface area contributed by atoms with Crippen LogP contribution in [0.15, 0.2) is 12.7 Å². The number of unbranched alkanes of at least 4 members (excludes halogenated alkanes) is 2. The number of ether oxygens (including phenoxy) is 1. The van der Waals surface area contributed by atoms with Gasteiger partial charge in [-0.25, -0.2) is 0 Å². The van der Waals surface area contributed by atoms with Gasteiger partial charge in [0.2, 0.25) is 0 Å². The van der Waals surface area contributed by atoms with Crippen molar-refractivity contribution in [3.05, 3.63) is 12.7 Å². The quantitative estimate of drug-likeness (QED) is 0.428. The zero-order chi connectivity index (χ0) is 7.82. The molecule has 1 atom stereocenters. The number of hydrogen-bond acceptors (Lipinski definition) is 1. The van der Waals surface area contributed by atoms with Gasteiger partial charge in [0.25, 0.3) is 0 Å². The molecule has 1 radical (unpaired) electrons. The van der Waals surface area contributed by atoms with Gasteiger partial charge in [-0.15, -0.1) is 0 Å². The molecular weight excluding hydrogens is 144 g/mol. The van der Waals surface area contributed by atoms with Gasteiger partial charge in [-0.1, -0.05) is 45.0 Å². The van der Waals surface area contributed by atoms with E-state index in [0.717, 1.165) is 13.0 Å². The Kier molecular flexibility index (Phi) is 7.20. The summed E-state index contributed by atoms with van der Waals surface area (Å²) < 4.78 is 5.19.